The number of anilines is 2. The van der Waals surface area contributed by atoms with Gasteiger partial charge in [0.25, 0.3) is 5.91 Å². The van der Waals surface area contributed by atoms with Crippen molar-refractivity contribution in [2.75, 3.05) is 24.3 Å². The van der Waals surface area contributed by atoms with Crippen LogP contribution in [0.3, 0.4) is 0 Å². The third kappa shape index (κ3) is 5.17. The van der Waals surface area contributed by atoms with E-state index in [0.717, 1.165) is 12.1 Å². The van der Waals surface area contributed by atoms with E-state index in [1.165, 1.54) is 12.4 Å². The van der Waals surface area contributed by atoms with Gasteiger partial charge in [0.2, 0.25) is 0 Å². The number of hydrogen-bond donors (Lipinski definition) is 2. The van der Waals surface area contributed by atoms with Gasteiger partial charge in [0.15, 0.2) is 11.6 Å². The number of carboxylic acid groups (broad SMARTS) is 1. The third-order valence-electron chi connectivity index (χ3n) is 4.72. The van der Waals surface area contributed by atoms with E-state index >= 15 is 0 Å². The zero-order valence-electron chi connectivity index (χ0n) is 17.1. The highest BCUT2D eigenvalue weighted by Crippen LogP contribution is 2.33. The molecule has 0 aliphatic carbocycles. The number of amides is 1. The second kappa shape index (κ2) is 9.69. The molecule has 2 N–H and O–H groups in total. The molecule has 32 heavy (non-hydrogen) atoms. The number of rotatable bonds is 7. The van der Waals surface area contributed by atoms with Gasteiger partial charge in [-0.1, -0.05) is 23.7 Å². The van der Waals surface area contributed by atoms with Crippen LogP contribution < -0.4 is 10.2 Å². The fourth-order valence-electron chi connectivity index (χ4n) is 3.13. The Morgan fingerprint density at radius 1 is 1.09 bits per heavy atom. The number of carbonyl (C=O) groups excluding carboxylic acids is 1. The Balaban J connectivity index is 1.79. The van der Waals surface area contributed by atoms with Crippen molar-refractivity contribution >= 4 is 35.0 Å². The first-order valence-electron chi connectivity index (χ1n) is 9.43. The summed E-state index contributed by atoms with van der Waals surface area (Å²) in [7, 11) is 3.46. The van der Waals surface area contributed by atoms with Crippen LogP contribution in [0.15, 0.2) is 48.8 Å². The minimum absolute atomic E-state index is 0.0335. The maximum absolute atomic E-state index is 13.3. The molecule has 0 saturated carbocycles. The van der Waals surface area contributed by atoms with E-state index < -0.39 is 29.4 Å². The summed E-state index contributed by atoms with van der Waals surface area (Å²) in [6, 6.07) is 9.34. The number of carboxylic acids is 1. The van der Waals surface area contributed by atoms with Gasteiger partial charge in [-0.05, 0) is 42.3 Å². The van der Waals surface area contributed by atoms with Gasteiger partial charge in [-0.3, -0.25) is 9.59 Å². The lowest BCUT2D eigenvalue weighted by Gasteiger charge is -2.21. The lowest BCUT2D eigenvalue weighted by molar-refractivity contribution is -0.138. The van der Waals surface area contributed by atoms with E-state index in [4.69, 9.17) is 11.6 Å². The molecule has 0 bridgehead atoms. The Labute approximate surface area is 187 Å². The first kappa shape index (κ1) is 23.1. The van der Waals surface area contributed by atoms with Crippen LogP contribution in [-0.2, 0) is 11.2 Å². The van der Waals surface area contributed by atoms with Crippen molar-refractivity contribution in [3.63, 3.8) is 0 Å². The van der Waals surface area contributed by atoms with Gasteiger partial charge in [-0.15, -0.1) is 0 Å². The van der Waals surface area contributed by atoms with Crippen LogP contribution in [0.2, 0.25) is 5.15 Å². The second-order valence-electron chi connectivity index (χ2n) is 7.17. The summed E-state index contributed by atoms with van der Waals surface area (Å²) in [5.74, 6) is -4.44. The van der Waals surface area contributed by atoms with E-state index in [0.29, 0.717) is 22.6 Å². The van der Waals surface area contributed by atoms with Gasteiger partial charge in [0, 0.05) is 30.9 Å². The number of carbonyl (C=O) groups is 2. The molecule has 0 aliphatic rings. The van der Waals surface area contributed by atoms with Gasteiger partial charge in [0.05, 0.1) is 5.92 Å². The molecule has 0 aliphatic heterocycles. The summed E-state index contributed by atoms with van der Waals surface area (Å²) in [4.78, 5) is 34.0. The molecule has 0 fully saturated rings. The molecule has 2 aromatic carbocycles. The van der Waals surface area contributed by atoms with Gasteiger partial charge < -0.3 is 15.3 Å². The maximum Gasteiger partial charge on any atom is 0.311 e. The Bertz CT molecular complexity index is 1160. The van der Waals surface area contributed by atoms with Gasteiger partial charge >= 0.3 is 5.97 Å². The predicted molar refractivity (Wildman–Crippen MR) is 116 cm³/mol. The SMILES string of the molecule is CN(C)c1ncnc(Cl)c1C(Cc1ccc(NC(=O)c2ccc(F)c(F)c2)cc1)C(=O)O. The number of nitrogens with one attached hydrogen (secondary N) is 1. The molecule has 3 aromatic rings. The highest BCUT2D eigenvalue weighted by Gasteiger charge is 2.28. The van der Waals surface area contributed by atoms with E-state index in [2.05, 4.69) is 15.3 Å². The smallest absolute Gasteiger partial charge is 0.311 e. The molecule has 1 aromatic heterocycles. The van der Waals surface area contributed by atoms with Crippen molar-refractivity contribution in [3.8, 4) is 0 Å². The van der Waals surface area contributed by atoms with Gasteiger partial charge in [0.1, 0.15) is 17.3 Å². The fraction of sp³-hybridized carbons (Fsp3) is 0.182. The van der Waals surface area contributed by atoms with Crippen molar-refractivity contribution in [1.29, 1.82) is 0 Å². The molecular weight excluding hydrogens is 442 g/mol. The number of nitrogens with zero attached hydrogens (tertiary/aromatic N) is 3. The molecule has 1 unspecified atom stereocenters. The van der Waals surface area contributed by atoms with Crippen molar-refractivity contribution in [3.05, 3.63) is 82.3 Å². The standard InChI is InChI=1S/C22H19ClF2N4O3/c1-29(2)20-18(19(23)26-11-27-20)15(22(31)32)9-12-3-6-14(7-4-12)28-21(30)13-5-8-16(24)17(25)10-13/h3-8,10-11,15H,9H2,1-2H3,(H,28,30)(H,31,32). The first-order chi connectivity index (χ1) is 15.2. The normalized spacial score (nSPS) is 11.7. The third-order valence-corrected chi connectivity index (χ3v) is 5.02. The lowest BCUT2D eigenvalue weighted by atomic mass is 9.92. The van der Waals surface area contributed by atoms with Crippen molar-refractivity contribution in [1.82, 2.24) is 9.97 Å². The largest absolute Gasteiger partial charge is 0.481 e. The van der Waals surface area contributed by atoms with E-state index in [1.807, 2.05) is 0 Å². The summed E-state index contributed by atoms with van der Waals surface area (Å²) in [5.41, 5.74) is 1.36. The van der Waals surface area contributed by atoms with Gasteiger partial charge in [-0.2, -0.15) is 0 Å². The predicted octanol–water partition coefficient (Wildman–Crippen LogP) is 4.14. The number of aliphatic carboxylic acids is 1. The van der Waals surface area contributed by atoms with E-state index in [-0.39, 0.29) is 17.1 Å². The van der Waals surface area contributed by atoms with E-state index in [9.17, 15) is 23.5 Å². The first-order valence-corrected chi connectivity index (χ1v) is 9.81. The molecule has 0 radical (unpaired) electrons. The Morgan fingerprint density at radius 3 is 2.38 bits per heavy atom. The maximum atomic E-state index is 13.3. The summed E-state index contributed by atoms with van der Waals surface area (Å²) >= 11 is 6.20. The van der Waals surface area contributed by atoms with Crippen molar-refractivity contribution in [2.45, 2.75) is 12.3 Å². The molecule has 0 saturated heterocycles. The minimum atomic E-state index is -1.12. The number of aromatic nitrogens is 2. The number of halogens is 3. The summed E-state index contributed by atoms with van der Waals surface area (Å²) in [5, 5.41) is 12.5. The van der Waals surface area contributed by atoms with Gasteiger partial charge in [-0.25, -0.2) is 18.7 Å². The van der Waals surface area contributed by atoms with Crippen molar-refractivity contribution in [2.24, 2.45) is 0 Å². The van der Waals surface area contributed by atoms with Crippen LogP contribution in [0, 0.1) is 11.6 Å². The Morgan fingerprint density at radius 2 is 1.78 bits per heavy atom. The molecule has 1 amide bonds. The molecule has 7 nitrogen and oxygen atoms in total. The quantitative estimate of drug-likeness (QED) is 0.514. The molecule has 1 heterocycles. The highest BCUT2D eigenvalue weighted by molar-refractivity contribution is 6.30. The van der Waals surface area contributed by atoms with E-state index in [1.54, 1.807) is 43.3 Å². The monoisotopic (exact) mass is 460 g/mol. The molecular formula is C22H19ClF2N4O3. The zero-order chi connectivity index (χ0) is 23.4. The van der Waals surface area contributed by atoms with Crippen LogP contribution in [0.25, 0.3) is 0 Å². The second-order valence-corrected chi connectivity index (χ2v) is 7.53. The molecule has 3 rings (SSSR count). The summed E-state index contributed by atoms with van der Waals surface area (Å²) in [6.45, 7) is 0. The molecule has 1 atom stereocenters. The topological polar surface area (TPSA) is 95.4 Å². The van der Waals surface area contributed by atoms with Crippen LogP contribution in [0.1, 0.15) is 27.4 Å². The molecule has 166 valence electrons. The zero-order valence-corrected chi connectivity index (χ0v) is 17.9. The van der Waals surface area contributed by atoms with Crippen LogP contribution in [-0.4, -0.2) is 41.0 Å². The summed E-state index contributed by atoms with van der Waals surface area (Å²) < 4.78 is 26.4. The fourth-order valence-corrected chi connectivity index (χ4v) is 3.39. The lowest BCUT2D eigenvalue weighted by Crippen LogP contribution is -2.21. The molecule has 0 spiro atoms. The number of benzene rings is 2. The average molecular weight is 461 g/mol. The van der Waals surface area contributed by atoms with Crippen molar-refractivity contribution < 1.29 is 23.5 Å². The average Bonchev–Trinajstić information content (AvgIpc) is 2.75. The minimum Gasteiger partial charge on any atom is -0.481 e. The summed E-state index contributed by atoms with van der Waals surface area (Å²) in [6.07, 6.45) is 1.38. The number of hydrogen-bond acceptors (Lipinski definition) is 5. The molecule has 10 heteroatoms. The highest BCUT2D eigenvalue weighted by atomic mass is 35.5. The Hall–Kier alpha value is -3.59. The Kier molecular flexibility index (Phi) is 6.99. The van der Waals surface area contributed by atoms with Crippen LogP contribution in [0.4, 0.5) is 20.3 Å². The van der Waals surface area contributed by atoms with Crippen LogP contribution >= 0.6 is 11.6 Å². The van der Waals surface area contributed by atoms with Crippen LogP contribution in [0.5, 0.6) is 0 Å².